The van der Waals surface area contributed by atoms with E-state index >= 15 is 0 Å². The number of nitrogens with one attached hydrogen (secondary N) is 1. The first-order valence-corrected chi connectivity index (χ1v) is 8.66. The van der Waals surface area contributed by atoms with Crippen molar-refractivity contribution in [3.8, 4) is 0 Å². The SMILES string of the molecule is O=C(O)CC1(NC(=O)C2C3CC4CC(C3)CC2C4)CCOC1. The third-order valence-corrected chi connectivity index (χ3v) is 6.51. The zero-order valence-corrected chi connectivity index (χ0v) is 12.9. The summed E-state index contributed by atoms with van der Waals surface area (Å²) in [6, 6.07) is 0. The summed E-state index contributed by atoms with van der Waals surface area (Å²) >= 11 is 0. The number of aliphatic carboxylic acids is 1. The lowest BCUT2D eigenvalue weighted by atomic mass is 9.51. The van der Waals surface area contributed by atoms with Crippen LogP contribution in [0.15, 0.2) is 0 Å². The maximum absolute atomic E-state index is 12.9. The normalized spacial score (nSPS) is 45.9. The number of hydrogen-bond acceptors (Lipinski definition) is 3. The number of carbonyl (C=O) groups is 2. The molecule has 5 nitrogen and oxygen atoms in total. The molecule has 0 aromatic carbocycles. The van der Waals surface area contributed by atoms with Crippen molar-refractivity contribution in [2.45, 2.75) is 50.5 Å². The minimum Gasteiger partial charge on any atom is -0.481 e. The molecule has 5 heteroatoms. The average molecular weight is 307 g/mol. The molecule has 1 heterocycles. The number of carbonyl (C=O) groups excluding carboxylic acids is 1. The Morgan fingerprint density at radius 3 is 2.23 bits per heavy atom. The molecule has 122 valence electrons. The van der Waals surface area contributed by atoms with E-state index in [0.717, 1.165) is 11.8 Å². The van der Waals surface area contributed by atoms with Crippen molar-refractivity contribution in [2.24, 2.45) is 29.6 Å². The van der Waals surface area contributed by atoms with E-state index in [9.17, 15) is 9.59 Å². The Morgan fingerprint density at radius 2 is 1.73 bits per heavy atom. The van der Waals surface area contributed by atoms with Gasteiger partial charge in [0.05, 0.1) is 18.6 Å². The molecular weight excluding hydrogens is 282 g/mol. The first-order valence-electron chi connectivity index (χ1n) is 8.66. The van der Waals surface area contributed by atoms with Gasteiger partial charge in [-0.2, -0.15) is 0 Å². The van der Waals surface area contributed by atoms with Crippen molar-refractivity contribution in [3.05, 3.63) is 0 Å². The van der Waals surface area contributed by atoms with Gasteiger partial charge in [-0.3, -0.25) is 9.59 Å². The summed E-state index contributed by atoms with van der Waals surface area (Å²) in [5, 5.41) is 12.3. The molecule has 0 aromatic heterocycles. The lowest BCUT2D eigenvalue weighted by Crippen LogP contribution is -2.57. The van der Waals surface area contributed by atoms with E-state index in [4.69, 9.17) is 9.84 Å². The van der Waals surface area contributed by atoms with Gasteiger partial charge in [0.25, 0.3) is 0 Å². The van der Waals surface area contributed by atoms with Crippen molar-refractivity contribution in [1.82, 2.24) is 5.32 Å². The smallest absolute Gasteiger partial charge is 0.305 e. The molecule has 0 radical (unpaired) electrons. The highest BCUT2D eigenvalue weighted by atomic mass is 16.5. The van der Waals surface area contributed by atoms with E-state index < -0.39 is 11.5 Å². The van der Waals surface area contributed by atoms with Crippen LogP contribution in [0.25, 0.3) is 0 Å². The molecule has 22 heavy (non-hydrogen) atoms. The molecule has 1 saturated heterocycles. The second-order valence-corrected chi connectivity index (χ2v) is 8.10. The van der Waals surface area contributed by atoms with Crippen LogP contribution in [0.5, 0.6) is 0 Å². The summed E-state index contributed by atoms with van der Waals surface area (Å²) in [5.74, 6) is 2.08. The first-order chi connectivity index (χ1) is 10.5. The van der Waals surface area contributed by atoms with Gasteiger partial charge in [0.1, 0.15) is 0 Å². The lowest BCUT2D eigenvalue weighted by Gasteiger charge is -2.54. The monoisotopic (exact) mass is 307 g/mol. The molecule has 5 fully saturated rings. The summed E-state index contributed by atoms with van der Waals surface area (Å²) < 4.78 is 5.39. The molecule has 1 unspecified atom stereocenters. The fourth-order valence-corrected chi connectivity index (χ4v) is 5.88. The van der Waals surface area contributed by atoms with Crippen molar-refractivity contribution >= 4 is 11.9 Å². The molecule has 4 aliphatic carbocycles. The zero-order valence-electron chi connectivity index (χ0n) is 12.9. The Kier molecular flexibility index (Phi) is 3.44. The standard InChI is InChI=1S/C17H25NO4/c19-14(20)8-17(1-2-22-9-17)18-16(21)15-12-4-10-3-11(6-12)7-13(15)5-10/h10-13,15H,1-9H2,(H,18,21)(H,19,20). The predicted molar refractivity (Wildman–Crippen MR) is 79.1 cm³/mol. The number of ether oxygens (including phenoxy) is 1. The van der Waals surface area contributed by atoms with Crippen LogP contribution in [0, 0.1) is 29.6 Å². The van der Waals surface area contributed by atoms with Crippen molar-refractivity contribution in [1.29, 1.82) is 0 Å². The van der Waals surface area contributed by atoms with Crippen LogP contribution in [-0.4, -0.2) is 35.7 Å². The summed E-state index contributed by atoms with van der Waals surface area (Å²) in [6.07, 6.45) is 6.75. The van der Waals surface area contributed by atoms with Crippen molar-refractivity contribution in [2.75, 3.05) is 13.2 Å². The van der Waals surface area contributed by atoms with Gasteiger partial charge in [-0.15, -0.1) is 0 Å². The maximum Gasteiger partial charge on any atom is 0.305 e. The summed E-state index contributed by atoms with van der Waals surface area (Å²) in [6.45, 7) is 0.869. The average Bonchev–Trinajstić information content (AvgIpc) is 2.84. The summed E-state index contributed by atoms with van der Waals surface area (Å²) in [7, 11) is 0. The highest BCUT2D eigenvalue weighted by Crippen LogP contribution is 2.56. The van der Waals surface area contributed by atoms with Crippen LogP contribution in [-0.2, 0) is 14.3 Å². The molecule has 1 atom stereocenters. The van der Waals surface area contributed by atoms with E-state index in [1.54, 1.807) is 0 Å². The van der Waals surface area contributed by atoms with Crippen LogP contribution in [0.1, 0.15) is 44.9 Å². The number of amides is 1. The van der Waals surface area contributed by atoms with E-state index in [-0.39, 0.29) is 18.2 Å². The van der Waals surface area contributed by atoms with Gasteiger partial charge in [-0.25, -0.2) is 0 Å². The highest BCUT2D eigenvalue weighted by molar-refractivity contribution is 5.81. The molecule has 0 spiro atoms. The molecule has 5 aliphatic rings. The third kappa shape index (κ3) is 2.43. The number of hydrogen-bond donors (Lipinski definition) is 2. The number of carboxylic acid groups (broad SMARTS) is 1. The van der Waals surface area contributed by atoms with Crippen molar-refractivity contribution in [3.63, 3.8) is 0 Å². The van der Waals surface area contributed by atoms with Gasteiger partial charge in [-0.1, -0.05) is 0 Å². The van der Waals surface area contributed by atoms with Gasteiger partial charge in [0, 0.05) is 12.5 Å². The van der Waals surface area contributed by atoms with Gasteiger partial charge >= 0.3 is 5.97 Å². The minimum absolute atomic E-state index is 0.0357. The molecular formula is C17H25NO4. The van der Waals surface area contributed by atoms with E-state index in [0.29, 0.717) is 31.5 Å². The second kappa shape index (κ2) is 5.22. The van der Waals surface area contributed by atoms with Gasteiger partial charge in [-0.05, 0) is 62.2 Å². The molecule has 4 saturated carbocycles. The molecule has 5 rings (SSSR count). The Bertz CT molecular complexity index is 455. The Morgan fingerprint density at radius 1 is 1.09 bits per heavy atom. The second-order valence-electron chi connectivity index (χ2n) is 8.10. The maximum atomic E-state index is 12.9. The summed E-state index contributed by atoms with van der Waals surface area (Å²) in [4.78, 5) is 24.1. The zero-order chi connectivity index (χ0) is 15.3. The quantitative estimate of drug-likeness (QED) is 0.830. The minimum atomic E-state index is -0.865. The van der Waals surface area contributed by atoms with Gasteiger partial charge < -0.3 is 15.2 Å². The molecule has 1 amide bonds. The molecule has 4 bridgehead atoms. The van der Waals surface area contributed by atoms with E-state index in [1.165, 1.54) is 32.1 Å². The number of carboxylic acids is 1. The molecule has 0 aromatic rings. The van der Waals surface area contributed by atoms with Crippen LogP contribution in [0.2, 0.25) is 0 Å². The molecule has 1 aliphatic heterocycles. The van der Waals surface area contributed by atoms with E-state index in [2.05, 4.69) is 5.32 Å². The third-order valence-electron chi connectivity index (χ3n) is 6.51. The van der Waals surface area contributed by atoms with Gasteiger partial charge in [0.2, 0.25) is 5.91 Å². The van der Waals surface area contributed by atoms with Crippen LogP contribution >= 0.6 is 0 Å². The predicted octanol–water partition coefficient (Wildman–Crippen LogP) is 1.81. The van der Waals surface area contributed by atoms with Crippen LogP contribution in [0.4, 0.5) is 0 Å². The Hall–Kier alpha value is -1.10. The fraction of sp³-hybridized carbons (Fsp3) is 0.882. The Labute approximate surface area is 130 Å². The Balaban J connectivity index is 1.48. The fourth-order valence-electron chi connectivity index (χ4n) is 5.88. The molecule has 2 N–H and O–H groups in total. The lowest BCUT2D eigenvalue weighted by molar-refractivity contribution is -0.143. The number of rotatable bonds is 4. The van der Waals surface area contributed by atoms with Crippen LogP contribution < -0.4 is 5.32 Å². The summed E-state index contributed by atoms with van der Waals surface area (Å²) in [5.41, 5.74) is -0.683. The highest BCUT2D eigenvalue weighted by Gasteiger charge is 2.52. The van der Waals surface area contributed by atoms with Gasteiger partial charge in [0.15, 0.2) is 0 Å². The first kappa shape index (κ1) is 14.5. The van der Waals surface area contributed by atoms with Crippen molar-refractivity contribution < 1.29 is 19.4 Å². The largest absolute Gasteiger partial charge is 0.481 e. The topological polar surface area (TPSA) is 75.6 Å². The van der Waals surface area contributed by atoms with Crippen LogP contribution in [0.3, 0.4) is 0 Å². The van der Waals surface area contributed by atoms with E-state index in [1.807, 2.05) is 0 Å².